The van der Waals surface area contributed by atoms with E-state index in [0.717, 1.165) is 36.4 Å². The average molecular weight is 287 g/mol. The lowest BCUT2D eigenvalue weighted by Crippen LogP contribution is -2.26. The van der Waals surface area contributed by atoms with E-state index in [1.807, 2.05) is 25.1 Å². The van der Waals surface area contributed by atoms with Crippen molar-refractivity contribution < 1.29 is 9.13 Å². The number of hydrogen-bond acceptors (Lipinski definition) is 2. The van der Waals surface area contributed by atoms with Gasteiger partial charge >= 0.3 is 0 Å². The molecule has 0 saturated carbocycles. The summed E-state index contributed by atoms with van der Waals surface area (Å²) < 4.78 is 19.3. The standard InChI is InChI=1S/C18H22FNO/c1-3-11-20-13-18(15-7-5-4-6-8-15)21-17-10-9-16(19)12-14(17)2/h4-10,12,18,20H,3,11,13H2,1-2H3. The molecule has 0 aliphatic carbocycles. The lowest BCUT2D eigenvalue weighted by Gasteiger charge is -2.21. The van der Waals surface area contributed by atoms with Gasteiger partial charge in [-0.3, -0.25) is 0 Å². The Bertz CT molecular complexity index is 556. The van der Waals surface area contributed by atoms with Crippen LogP contribution in [0.3, 0.4) is 0 Å². The van der Waals surface area contributed by atoms with Crippen molar-refractivity contribution in [1.82, 2.24) is 5.32 Å². The maximum atomic E-state index is 13.2. The van der Waals surface area contributed by atoms with Crippen molar-refractivity contribution in [2.45, 2.75) is 26.4 Å². The molecule has 0 radical (unpaired) electrons. The molecule has 0 aliphatic heterocycles. The minimum absolute atomic E-state index is 0.0816. The summed E-state index contributed by atoms with van der Waals surface area (Å²) in [6, 6.07) is 14.7. The Morgan fingerprint density at radius 3 is 2.57 bits per heavy atom. The minimum Gasteiger partial charge on any atom is -0.484 e. The van der Waals surface area contributed by atoms with Gasteiger partial charge in [0, 0.05) is 6.54 Å². The highest BCUT2D eigenvalue weighted by Crippen LogP contribution is 2.25. The predicted molar refractivity (Wildman–Crippen MR) is 84.1 cm³/mol. The van der Waals surface area contributed by atoms with Gasteiger partial charge in [0.15, 0.2) is 0 Å². The summed E-state index contributed by atoms with van der Waals surface area (Å²) in [6.45, 7) is 5.68. The molecule has 3 heteroatoms. The van der Waals surface area contributed by atoms with Crippen molar-refractivity contribution in [2.75, 3.05) is 13.1 Å². The molecule has 2 rings (SSSR count). The van der Waals surface area contributed by atoms with Crippen LogP contribution in [0.2, 0.25) is 0 Å². The number of nitrogens with one attached hydrogen (secondary N) is 1. The van der Waals surface area contributed by atoms with E-state index in [1.165, 1.54) is 12.1 Å². The molecule has 0 spiro atoms. The topological polar surface area (TPSA) is 21.3 Å². The van der Waals surface area contributed by atoms with E-state index >= 15 is 0 Å². The van der Waals surface area contributed by atoms with E-state index in [1.54, 1.807) is 6.07 Å². The van der Waals surface area contributed by atoms with Crippen LogP contribution in [0.15, 0.2) is 48.5 Å². The van der Waals surface area contributed by atoms with Crippen molar-refractivity contribution in [3.63, 3.8) is 0 Å². The molecule has 1 atom stereocenters. The quantitative estimate of drug-likeness (QED) is 0.769. The molecule has 0 aromatic heterocycles. The normalized spacial score (nSPS) is 12.1. The third-order valence-corrected chi connectivity index (χ3v) is 3.33. The lowest BCUT2D eigenvalue weighted by atomic mass is 10.1. The number of aryl methyl sites for hydroxylation is 1. The molecule has 2 aromatic rings. The first-order valence-corrected chi connectivity index (χ1v) is 7.39. The van der Waals surface area contributed by atoms with Crippen LogP contribution in [-0.4, -0.2) is 13.1 Å². The molecular formula is C18H22FNO. The molecule has 21 heavy (non-hydrogen) atoms. The van der Waals surface area contributed by atoms with E-state index in [2.05, 4.69) is 24.4 Å². The van der Waals surface area contributed by atoms with E-state index in [9.17, 15) is 4.39 Å². The van der Waals surface area contributed by atoms with Crippen LogP contribution >= 0.6 is 0 Å². The highest BCUT2D eigenvalue weighted by molar-refractivity contribution is 5.33. The van der Waals surface area contributed by atoms with Gasteiger partial charge in [0.1, 0.15) is 17.7 Å². The predicted octanol–water partition coefficient (Wildman–Crippen LogP) is 4.25. The van der Waals surface area contributed by atoms with Crippen LogP contribution in [0.25, 0.3) is 0 Å². The fraction of sp³-hybridized carbons (Fsp3) is 0.333. The Kier molecular flexibility index (Phi) is 5.76. The van der Waals surface area contributed by atoms with Gasteiger partial charge in [-0.15, -0.1) is 0 Å². The van der Waals surface area contributed by atoms with Gasteiger partial charge in [-0.1, -0.05) is 37.3 Å². The summed E-state index contributed by atoms with van der Waals surface area (Å²) in [5.41, 5.74) is 1.93. The lowest BCUT2D eigenvalue weighted by molar-refractivity contribution is 0.200. The van der Waals surface area contributed by atoms with Crippen LogP contribution in [0.5, 0.6) is 5.75 Å². The van der Waals surface area contributed by atoms with Gasteiger partial charge in [-0.2, -0.15) is 0 Å². The Balaban J connectivity index is 2.15. The summed E-state index contributed by atoms with van der Waals surface area (Å²) >= 11 is 0. The molecule has 1 N–H and O–H groups in total. The van der Waals surface area contributed by atoms with Gasteiger partial charge in [0.25, 0.3) is 0 Å². The van der Waals surface area contributed by atoms with E-state index in [0.29, 0.717) is 0 Å². The largest absolute Gasteiger partial charge is 0.484 e. The third-order valence-electron chi connectivity index (χ3n) is 3.33. The molecule has 0 bridgehead atoms. The fourth-order valence-electron chi connectivity index (χ4n) is 2.20. The molecule has 0 fully saturated rings. The SMILES string of the molecule is CCCNCC(Oc1ccc(F)cc1C)c1ccccc1. The first kappa shape index (κ1) is 15.5. The summed E-state index contributed by atoms with van der Waals surface area (Å²) in [5.74, 6) is 0.490. The zero-order valence-corrected chi connectivity index (χ0v) is 12.6. The Morgan fingerprint density at radius 2 is 1.90 bits per heavy atom. The Labute approximate surface area is 126 Å². The van der Waals surface area contributed by atoms with Gasteiger partial charge in [-0.05, 0) is 49.2 Å². The zero-order chi connectivity index (χ0) is 15.1. The van der Waals surface area contributed by atoms with E-state index < -0.39 is 0 Å². The molecule has 2 nitrogen and oxygen atoms in total. The highest BCUT2D eigenvalue weighted by Gasteiger charge is 2.14. The number of benzene rings is 2. The van der Waals surface area contributed by atoms with Crippen molar-refractivity contribution in [3.8, 4) is 5.75 Å². The van der Waals surface area contributed by atoms with E-state index in [4.69, 9.17) is 4.74 Å². The molecule has 0 amide bonds. The second-order valence-electron chi connectivity index (χ2n) is 5.13. The fourth-order valence-corrected chi connectivity index (χ4v) is 2.20. The third kappa shape index (κ3) is 4.57. The Morgan fingerprint density at radius 1 is 1.14 bits per heavy atom. The monoisotopic (exact) mass is 287 g/mol. The first-order valence-electron chi connectivity index (χ1n) is 7.39. The second-order valence-corrected chi connectivity index (χ2v) is 5.13. The summed E-state index contributed by atoms with van der Waals surface area (Å²) in [4.78, 5) is 0. The molecule has 112 valence electrons. The van der Waals surface area contributed by atoms with Crippen molar-refractivity contribution in [1.29, 1.82) is 0 Å². The maximum absolute atomic E-state index is 13.2. The van der Waals surface area contributed by atoms with Crippen LogP contribution < -0.4 is 10.1 Å². The maximum Gasteiger partial charge on any atom is 0.136 e. The zero-order valence-electron chi connectivity index (χ0n) is 12.6. The Hall–Kier alpha value is -1.87. The molecule has 0 aliphatic rings. The number of halogens is 1. The number of rotatable bonds is 7. The molecular weight excluding hydrogens is 265 g/mol. The van der Waals surface area contributed by atoms with Crippen LogP contribution in [0.4, 0.5) is 4.39 Å². The van der Waals surface area contributed by atoms with Crippen molar-refractivity contribution in [3.05, 3.63) is 65.5 Å². The van der Waals surface area contributed by atoms with Gasteiger partial charge in [0.2, 0.25) is 0 Å². The smallest absolute Gasteiger partial charge is 0.136 e. The molecule has 2 aromatic carbocycles. The average Bonchev–Trinajstić information content (AvgIpc) is 2.49. The minimum atomic E-state index is -0.236. The van der Waals surface area contributed by atoms with Gasteiger partial charge in [-0.25, -0.2) is 4.39 Å². The van der Waals surface area contributed by atoms with Gasteiger partial charge < -0.3 is 10.1 Å². The molecule has 1 unspecified atom stereocenters. The summed E-state index contributed by atoms with van der Waals surface area (Å²) in [6.07, 6.45) is 0.999. The van der Waals surface area contributed by atoms with Crippen LogP contribution in [0, 0.1) is 12.7 Å². The van der Waals surface area contributed by atoms with Crippen molar-refractivity contribution in [2.24, 2.45) is 0 Å². The van der Waals surface area contributed by atoms with Crippen molar-refractivity contribution >= 4 is 0 Å². The summed E-state index contributed by atoms with van der Waals surface area (Å²) in [5, 5.41) is 3.39. The van der Waals surface area contributed by atoms with E-state index in [-0.39, 0.29) is 11.9 Å². The number of hydrogen-bond donors (Lipinski definition) is 1. The first-order chi connectivity index (χ1) is 10.2. The molecule has 0 saturated heterocycles. The second kappa shape index (κ2) is 7.79. The molecule has 0 heterocycles. The van der Waals surface area contributed by atoms with Crippen LogP contribution in [-0.2, 0) is 0 Å². The highest BCUT2D eigenvalue weighted by atomic mass is 19.1. The van der Waals surface area contributed by atoms with Crippen LogP contribution in [0.1, 0.15) is 30.6 Å². The summed E-state index contributed by atoms with van der Waals surface area (Å²) in [7, 11) is 0. The number of ether oxygens (including phenoxy) is 1. The van der Waals surface area contributed by atoms with Gasteiger partial charge in [0.05, 0.1) is 0 Å².